The molecular formula is C26H26N4O4S2. The summed E-state index contributed by atoms with van der Waals surface area (Å²) in [6.45, 7) is 3.44. The highest BCUT2D eigenvalue weighted by molar-refractivity contribution is 7.80. The average molecular weight is 523 g/mol. The molecule has 0 bridgehead atoms. The van der Waals surface area contributed by atoms with Crippen LogP contribution in [0.4, 0.5) is 11.4 Å². The molecule has 0 aliphatic rings. The fourth-order valence-electron chi connectivity index (χ4n) is 2.99. The molecule has 0 aromatic heterocycles. The molecule has 0 saturated carbocycles. The number of thiocarbonyl (C=S) groups is 2. The van der Waals surface area contributed by atoms with Crippen molar-refractivity contribution in [2.75, 3.05) is 23.8 Å². The lowest BCUT2D eigenvalue weighted by atomic mass is 10.2. The first-order valence-electron chi connectivity index (χ1n) is 11.0. The topological polar surface area (TPSA) is 101 Å². The van der Waals surface area contributed by atoms with Gasteiger partial charge in [-0.2, -0.15) is 0 Å². The van der Waals surface area contributed by atoms with Gasteiger partial charge in [-0.1, -0.05) is 36.4 Å². The van der Waals surface area contributed by atoms with Crippen LogP contribution in [0, 0.1) is 13.8 Å². The minimum atomic E-state index is -0.395. The third-order valence-corrected chi connectivity index (χ3v) is 5.26. The van der Waals surface area contributed by atoms with E-state index in [0.717, 1.165) is 22.5 Å². The van der Waals surface area contributed by atoms with Crippen molar-refractivity contribution in [2.24, 2.45) is 0 Å². The summed E-state index contributed by atoms with van der Waals surface area (Å²) in [7, 11) is 0. The standard InChI is InChI=1S/C26H26N4O4S2/c1-17-7-3-5-9-21(17)27-25(35)29-23(31)15-33-19-11-13-20(14-12-19)34-16-24(32)30-26(36)28-22-10-6-4-8-18(22)2/h3-14H,15-16H2,1-2H3,(H2,27,29,31,35)(H2,28,30,32,36). The lowest BCUT2D eigenvalue weighted by molar-refractivity contribution is -0.122. The number of para-hydroxylation sites is 2. The van der Waals surface area contributed by atoms with E-state index >= 15 is 0 Å². The number of hydrogen-bond donors (Lipinski definition) is 4. The second kappa shape index (κ2) is 13.2. The Morgan fingerprint density at radius 2 is 1.00 bits per heavy atom. The summed E-state index contributed by atoms with van der Waals surface area (Å²) in [6.07, 6.45) is 0. The lowest BCUT2D eigenvalue weighted by Crippen LogP contribution is -2.37. The van der Waals surface area contributed by atoms with Crippen LogP contribution in [0.25, 0.3) is 0 Å². The Hall–Kier alpha value is -4.02. The van der Waals surface area contributed by atoms with E-state index in [2.05, 4.69) is 21.3 Å². The molecule has 0 saturated heterocycles. The number of rotatable bonds is 8. The third-order valence-electron chi connectivity index (χ3n) is 4.86. The average Bonchev–Trinajstić information content (AvgIpc) is 2.85. The predicted molar refractivity (Wildman–Crippen MR) is 149 cm³/mol. The molecule has 10 heteroatoms. The van der Waals surface area contributed by atoms with Gasteiger partial charge in [-0.15, -0.1) is 0 Å². The Balaban J connectivity index is 1.37. The summed E-state index contributed by atoms with van der Waals surface area (Å²) in [5, 5.41) is 11.5. The molecule has 0 fully saturated rings. The zero-order valence-electron chi connectivity index (χ0n) is 19.8. The summed E-state index contributed by atoms with van der Waals surface area (Å²) in [5.41, 5.74) is 3.65. The van der Waals surface area contributed by atoms with Crippen molar-refractivity contribution in [3.8, 4) is 11.5 Å². The first-order chi connectivity index (χ1) is 17.3. The van der Waals surface area contributed by atoms with Crippen molar-refractivity contribution in [1.29, 1.82) is 0 Å². The molecule has 0 aliphatic carbocycles. The van der Waals surface area contributed by atoms with E-state index in [9.17, 15) is 9.59 Å². The van der Waals surface area contributed by atoms with E-state index < -0.39 is 11.8 Å². The van der Waals surface area contributed by atoms with Crippen molar-refractivity contribution in [1.82, 2.24) is 10.6 Å². The number of ether oxygens (including phenoxy) is 2. The van der Waals surface area contributed by atoms with Crippen molar-refractivity contribution in [3.05, 3.63) is 83.9 Å². The van der Waals surface area contributed by atoms with Gasteiger partial charge < -0.3 is 20.1 Å². The molecule has 4 N–H and O–H groups in total. The summed E-state index contributed by atoms with van der Waals surface area (Å²) in [5.74, 6) is 0.133. The molecule has 0 heterocycles. The molecular weight excluding hydrogens is 496 g/mol. The maximum atomic E-state index is 12.1. The van der Waals surface area contributed by atoms with Gasteiger partial charge in [-0.25, -0.2) is 0 Å². The van der Waals surface area contributed by atoms with Gasteiger partial charge in [-0.05, 0) is 85.8 Å². The Kier molecular flexibility index (Phi) is 9.73. The van der Waals surface area contributed by atoms with Gasteiger partial charge in [0.2, 0.25) is 0 Å². The van der Waals surface area contributed by atoms with E-state index in [1.54, 1.807) is 24.3 Å². The normalized spacial score (nSPS) is 10.1. The zero-order valence-corrected chi connectivity index (χ0v) is 21.4. The molecule has 0 spiro atoms. The van der Waals surface area contributed by atoms with Gasteiger partial charge in [0.1, 0.15) is 11.5 Å². The number of amides is 2. The number of nitrogens with one attached hydrogen (secondary N) is 4. The molecule has 0 unspecified atom stereocenters. The van der Waals surface area contributed by atoms with Crippen molar-refractivity contribution in [3.63, 3.8) is 0 Å². The maximum absolute atomic E-state index is 12.1. The van der Waals surface area contributed by atoms with E-state index in [1.165, 1.54) is 0 Å². The molecule has 3 aromatic rings. The molecule has 8 nitrogen and oxygen atoms in total. The van der Waals surface area contributed by atoms with E-state index in [0.29, 0.717) is 11.5 Å². The van der Waals surface area contributed by atoms with Crippen LogP contribution in [-0.4, -0.2) is 35.3 Å². The van der Waals surface area contributed by atoms with Gasteiger partial charge in [0, 0.05) is 11.4 Å². The highest BCUT2D eigenvalue weighted by atomic mass is 32.1. The molecule has 36 heavy (non-hydrogen) atoms. The second-order valence-electron chi connectivity index (χ2n) is 7.68. The fourth-order valence-corrected chi connectivity index (χ4v) is 3.44. The zero-order chi connectivity index (χ0) is 25.9. The van der Waals surface area contributed by atoms with Crippen LogP contribution in [-0.2, 0) is 9.59 Å². The monoisotopic (exact) mass is 522 g/mol. The fraction of sp³-hybridized carbons (Fsp3) is 0.154. The van der Waals surface area contributed by atoms with Crippen LogP contribution in [0.2, 0.25) is 0 Å². The second-order valence-corrected chi connectivity index (χ2v) is 8.50. The van der Waals surface area contributed by atoms with E-state index in [1.807, 2.05) is 62.4 Å². The maximum Gasteiger partial charge on any atom is 0.264 e. The Bertz CT molecular complexity index is 1150. The first kappa shape index (κ1) is 26.6. The van der Waals surface area contributed by atoms with Crippen LogP contribution in [0.5, 0.6) is 11.5 Å². The Morgan fingerprint density at radius 1 is 0.639 bits per heavy atom. The quantitative estimate of drug-likeness (QED) is 0.328. The van der Waals surface area contributed by atoms with Gasteiger partial charge in [-0.3, -0.25) is 20.2 Å². The molecule has 0 atom stereocenters. The van der Waals surface area contributed by atoms with E-state index in [-0.39, 0.29) is 23.4 Å². The Labute approximate surface area is 220 Å². The molecule has 0 aliphatic heterocycles. The first-order valence-corrected chi connectivity index (χ1v) is 11.8. The van der Waals surface area contributed by atoms with E-state index in [4.69, 9.17) is 33.9 Å². The SMILES string of the molecule is Cc1ccccc1NC(=S)NC(=O)COc1ccc(OCC(=O)NC(=S)Nc2ccccc2C)cc1. The molecule has 0 radical (unpaired) electrons. The highest BCUT2D eigenvalue weighted by Gasteiger charge is 2.09. The van der Waals surface area contributed by atoms with Gasteiger partial charge >= 0.3 is 0 Å². The van der Waals surface area contributed by atoms with Crippen LogP contribution >= 0.6 is 24.4 Å². The largest absolute Gasteiger partial charge is 0.484 e. The number of carbonyl (C=O) groups is 2. The highest BCUT2D eigenvalue weighted by Crippen LogP contribution is 2.18. The van der Waals surface area contributed by atoms with Gasteiger partial charge in [0.15, 0.2) is 23.4 Å². The van der Waals surface area contributed by atoms with Crippen LogP contribution in [0.1, 0.15) is 11.1 Å². The lowest BCUT2D eigenvalue weighted by Gasteiger charge is -2.13. The van der Waals surface area contributed by atoms with Crippen molar-refractivity contribution < 1.29 is 19.1 Å². The number of anilines is 2. The van der Waals surface area contributed by atoms with Crippen LogP contribution < -0.4 is 30.7 Å². The smallest absolute Gasteiger partial charge is 0.264 e. The molecule has 2 amide bonds. The van der Waals surface area contributed by atoms with Gasteiger partial charge in [0.05, 0.1) is 0 Å². The third kappa shape index (κ3) is 8.64. The number of hydrogen-bond acceptors (Lipinski definition) is 6. The summed E-state index contributed by atoms with van der Waals surface area (Å²) in [4.78, 5) is 24.2. The summed E-state index contributed by atoms with van der Waals surface area (Å²) < 4.78 is 11.0. The minimum absolute atomic E-state index is 0.188. The summed E-state index contributed by atoms with van der Waals surface area (Å²) in [6, 6.07) is 21.7. The van der Waals surface area contributed by atoms with Gasteiger partial charge in [0.25, 0.3) is 11.8 Å². The predicted octanol–water partition coefficient (Wildman–Crippen LogP) is 4.09. The van der Waals surface area contributed by atoms with Crippen molar-refractivity contribution >= 4 is 57.8 Å². The number of carbonyl (C=O) groups excluding carboxylic acids is 2. The molecule has 3 aromatic carbocycles. The molecule has 3 rings (SSSR count). The minimum Gasteiger partial charge on any atom is -0.484 e. The number of aryl methyl sites for hydroxylation is 2. The Morgan fingerprint density at radius 3 is 1.36 bits per heavy atom. The number of benzene rings is 3. The van der Waals surface area contributed by atoms with Crippen LogP contribution in [0.3, 0.4) is 0 Å². The van der Waals surface area contributed by atoms with Crippen LogP contribution in [0.15, 0.2) is 72.8 Å². The summed E-state index contributed by atoms with van der Waals surface area (Å²) >= 11 is 10.3. The molecule has 186 valence electrons. The van der Waals surface area contributed by atoms with Crippen molar-refractivity contribution in [2.45, 2.75) is 13.8 Å².